The number of benzene rings is 1. The Bertz CT molecular complexity index is 732. The summed E-state index contributed by atoms with van der Waals surface area (Å²) in [5.41, 5.74) is 1.83. The Morgan fingerprint density at radius 2 is 1.92 bits per heavy atom. The van der Waals surface area contributed by atoms with Gasteiger partial charge in [-0.2, -0.15) is 0 Å². The maximum absolute atomic E-state index is 12.1. The molecular weight excluding hydrogens is 316 g/mol. The highest BCUT2D eigenvalue weighted by atomic mass is 16.5. The van der Waals surface area contributed by atoms with E-state index >= 15 is 0 Å². The van der Waals surface area contributed by atoms with Gasteiger partial charge in [0.05, 0.1) is 0 Å². The average molecular weight is 340 g/mol. The highest BCUT2D eigenvalue weighted by molar-refractivity contribution is 5.94. The SMILES string of the molecule is O=C(Nc1ccc(-c2nnc3n2CCCCCC3)cc1)C1CCCO1. The van der Waals surface area contributed by atoms with Gasteiger partial charge in [-0.05, 0) is 49.9 Å². The summed E-state index contributed by atoms with van der Waals surface area (Å²) in [5, 5.41) is 11.7. The summed E-state index contributed by atoms with van der Waals surface area (Å²) in [7, 11) is 0. The monoisotopic (exact) mass is 340 g/mol. The van der Waals surface area contributed by atoms with Crippen LogP contribution in [-0.4, -0.2) is 33.4 Å². The lowest BCUT2D eigenvalue weighted by Gasteiger charge is -2.14. The molecule has 0 spiro atoms. The van der Waals surface area contributed by atoms with Gasteiger partial charge in [0.25, 0.3) is 5.91 Å². The van der Waals surface area contributed by atoms with Crippen molar-refractivity contribution in [3.63, 3.8) is 0 Å². The molecular formula is C19H24N4O2. The Hall–Kier alpha value is -2.21. The first-order valence-electron chi connectivity index (χ1n) is 9.26. The lowest BCUT2D eigenvalue weighted by atomic mass is 10.1. The molecule has 1 amide bonds. The van der Waals surface area contributed by atoms with Crippen molar-refractivity contribution in [3.05, 3.63) is 30.1 Å². The van der Waals surface area contributed by atoms with Crippen LogP contribution in [0.25, 0.3) is 11.4 Å². The summed E-state index contributed by atoms with van der Waals surface area (Å²) in [6.07, 6.45) is 7.36. The van der Waals surface area contributed by atoms with E-state index < -0.39 is 0 Å². The summed E-state index contributed by atoms with van der Waals surface area (Å²) in [6, 6.07) is 7.85. The largest absolute Gasteiger partial charge is 0.368 e. The Morgan fingerprint density at radius 1 is 1.08 bits per heavy atom. The van der Waals surface area contributed by atoms with Crippen LogP contribution in [0.3, 0.4) is 0 Å². The lowest BCUT2D eigenvalue weighted by Crippen LogP contribution is -2.26. The predicted octanol–water partition coefficient (Wildman–Crippen LogP) is 3.18. The molecule has 6 heteroatoms. The molecule has 6 nitrogen and oxygen atoms in total. The van der Waals surface area contributed by atoms with Crippen LogP contribution in [0.5, 0.6) is 0 Å². The minimum absolute atomic E-state index is 0.0576. The minimum atomic E-state index is -0.309. The van der Waals surface area contributed by atoms with Crippen LogP contribution in [0.1, 0.15) is 44.3 Å². The topological polar surface area (TPSA) is 69.0 Å². The van der Waals surface area contributed by atoms with Gasteiger partial charge < -0.3 is 14.6 Å². The van der Waals surface area contributed by atoms with E-state index in [1.165, 1.54) is 25.7 Å². The van der Waals surface area contributed by atoms with Gasteiger partial charge in [-0.25, -0.2) is 0 Å². The fourth-order valence-corrected chi connectivity index (χ4v) is 3.59. The molecule has 1 saturated heterocycles. The minimum Gasteiger partial charge on any atom is -0.368 e. The highest BCUT2D eigenvalue weighted by Gasteiger charge is 2.23. The van der Waals surface area contributed by atoms with Crippen LogP contribution in [0.2, 0.25) is 0 Å². The third-order valence-corrected chi connectivity index (χ3v) is 4.99. The number of nitrogens with one attached hydrogen (secondary N) is 1. The zero-order valence-electron chi connectivity index (χ0n) is 14.4. The number of carbonyl (C=O) groups excluding carboxylic acids is 1. The maximum atomic E-state index is 12.1. The van der Waals surface area contributed by atoms with Gasteiger partial charge in [0.1, 0.15) is 11.9 Å². The molecule has 0 radical (unpaired) electrons. The van der Waals surface area contributed by atoms with E-state index in [-0.39, 0.29) is 12.0 Å². The number of anilines is 1. The molecule has 2 aliphatic rings. The number of nitrogens with zero attached hydrogens (tertiary/aromatic N) is 3. The first kappa shape index (κ1) is 16.3. The fraction of sp³-hybridized carbons (Fsp3) is 0.526. The number of rotatable bonds is 3. The zero-order chi connectivity index (χ0) is 17.1. The number of hydrogen-bond donors (Lipinski definition) is 1. The molecule has 0 saturated carbocycles. The van der Waals surface area contributed by atoms with Gasteiger partial charge in [0.2, 0.25) is 0 Å². The van der Waals surface area contributed by atoms with Gasteiger partial charge in [-0.1, -0.05) is 12.8 Å². The summed E-state index contributed by atoms with van der Waals surface area (Å²) in [5.74, 6) is 1.96. The molecule has 3 heterocycles. The van der Waals surface area contributed by atoms with Crippen LogP contribution >= 0.6 is 0 Å². The van der Waals surface area contributed by atoms with E-state index in [2.05, 4.69) is 20.1 Å². The number of fused-ring (bicyclic) bond motifs is 1. The maximum Gasteiger partial charge on any atom is 0.253 e. The van der Waals surface area contributed by atoms with E-state index in [4.69, 9.17) is 4.74 Å². The molecule has 1 aromatic carbocycles. The van der Waals surface area contributed by atoms with Crippen molar-refractivity contribution in [2.24, 2.45) is 0 Å². The average Bonchev–Trinajstić information content (AvgIpc) is 3.25. The van der Waals surface area contributed by atoms with Crippen LogP contribution in [0.15, 0.2) is 24.3 Å². The summed E-state index contributed by atoms with van der Waals surface area (Å²) >= 11 is 0. The number of hydrogen-bond acceptors (Lipinski definition) is 4. The Labute approximate surface area is 147 Å². The van der Waals surface area contributed by atoms with E-state index in [1.54, 1.807) is 0 Å². The van der Waals surface area contributed by atoms with E-state index in [0.29, 0.717) is 6.61 Å². The predicted molar refractivity (Wildman–Crippen MR) is 95.2 cm³/mol. The Kier molecular flexibility index (Phi) is 4.78. The molecule has 1 fully saturated rings. The molecule has 1 aromatic heterocycles. The molecule has 1 N–H and O–H groups in total. The number of aryl methyl sites for hydroxylation is 1. The first-order chi connectivity index (χ1) is 12.3. The van der Waals surface area contributed by atoms with Crippen molar-refractivity contribution in [1.82, 2.24) is 14.8 Å². The Morgan fingerprint density at radius 3 is 2.72 bits per heavy atom. The molecule has 2 aliphatic heterocycles. The number of aromatic nitrogens is 3. The van der Waals surface area contributed by atoms with Crippen molar-refractivity contribution < 1.29 is 9.53 Å². The second-order valence-corrected chi connectivity index (χ2v) is 6.82. The fourth-order valence-electron chi connectivity index (χ4n) is 3.59. The van der Waals surface area contributed by atoms with Gasteiger partial charge in [0.15, 0.2) is 5.82 Å². The van der Waals surface area contributed by atoms with Crippen LogP contribution in [0, 0.1) is 0 Å². The van der Waals surface area contributed by atoms with Crippen molar-refractivity contribution in [3.8, 4) is 11.4 Å². The van der Waals surface area contributed by atoms with Gasteiger partial charge in [-0.3, -0.25) is 4.79 Å². The van der Waals surface area contributed by atoms with Gasteiger partial charge >= 0.3 is 0 Å². The van der Waals surface area contributed by atoms with Crippen LogP contribution in [-0.2, 0) is 22.5 Å². The molecule has 4 rings (SSSR count). The highest BCUT2D eigenvalue weighted by Crippen LogP contribution is 2.24. The first-order valence-corrected chi connectivity index (χ1v) is 9.26. The standard InChI is InChI=1S/C19H24N4O2/c24-19(16-6-5-13-25-16)20-15-10-8-14(9-11-15)18-22-21-17-7-3-1-2-4-12-23(17)18/h8-11,16H,1-7,12-13H2,(H,20,24). The second kappa shape index (κ2) is 7.35. The van der Waals surface area contributed by atoms with E-state index in [0.717, 1.165) is 48.7 Å². The van der Waals surface area contributed by atoms with Gasteiger partial charge in [-0.15, -0.1) is 10.2 Å². The Balaban J connectivity index is 1.49. The van der Waals surface area contributed by atoms with E-state index in [1.807, 2.05) is 24.3 Å². The molecule has 0 aliphatic carbocycles. The molecule has 0 bridgehead atoms. The quantitative estimate of drug-likeness (QED) is 0.932. The zero-order valence-corrected chi connectivity index (χ0v) is 14.4. The lowest BCUT2D eigenvalue weighted by molar-refractivity contribution is -0.124. The number of amides is 1. The van der Waals surface area contributed by atoms with Crippen molar-refractivity contribution in [1.29, 1.82) is 0 Å². The summed E-state index contributed by atoms with van der Waals surface area (Å²) < 4.78 is 7.67. The second-order valence-electron chi connectivity index (χ2n) is 6.82. The van der Waals surface area contributed by atoms with Gasteiger partial charge in [0, 0.05) is 30.8 Å². The summed E-state index contributed by atoms with van der Waals surface area (Å²) in [4.78, 5) is 12.1. The number of ether oxygens (including phenoxy) is 1. The van der Waals surface area contributed by atoms with Crippen molar-refractivity contribution in [2.45, 2.75) is 57.6 Å². The van der Waals surface area contributed by atoms with Crippen LogP contribution in [0.4, 0.5) is 5.69 Å². The molecule has 25 heavy (non-hydrogen) atoms. The van der Waals surface area contributed by atoms with E-state index in [9.17, 15) is 4.79 Å². The normalized spacial score (nSPS) is 20.6. The summed E-state index contributed by atoms with van der Waals surface area (Å²) in [6.45, 7) is 1.66. The smallest absolute Gasteiger partial charge is 0.253 e. The number of carbonyl (C=O) groups is 1. The van der Waals surface area contributed by atoms with Crippen molar-refractivity contribution in [2.75, 3.05) is 11.9 Å². The molecule has 132 valence electrons. The molecule has 1 atom stereocenters. The molecule has 2 aromatic rings. The third-order valence-electron chi connectivity index (χ3n) is 4.99. The molecule has 1 unspecified atom stereocenters. The third kappa shape index (κ3) is 3.58. The van der Waals surface area contributed by atoms with Crippen LogP contribution < -0.4 is 5.32 Å². The van der Waals surface area contributed by atoms with Crippen molar-refractivity contribution >= 4 is 11.6 Å².